The predicted molar refractivity (Wildman–Crippen MR) is 84.3 cm³/mol. The molecule has 0 bridgehead atoms. The van der Waals surface area contributed by atoms with E-state index in [1.807, 2.05) is 0 Å². The van der Waals surface area contributed by atoms with Crippen LogP contribution in [0.4, 0.5) is 0 Å². The number of rotatable bonds is 16. The molecule has 0 fully saturated rings. The third-order valence-corrected chi connectivity index (χ3v) is 3.11. The molecule has 0 saturated heterocycles. The summed E-state index contributed by atoms with van der Waals surface area (Å²) in [6, 6.07) is 0. The summed E-state index contributed by atoms with van der Waals surface area (Å²) in [7, 11) is 1.68. The summed E-state index contributed by atoms with van der Waals surface area (Å²) in [6.07, 6.45) is 6.74. The standard InChI is InChI=1S/C16H35NO3/c1-16(2)8-6-4-5-7-9-17-10-11-19-14-15-20-13-12-18-3/h16-17H,4-15H2,1-3H3. The van der Waals surface area contributed by atoms with E-state index >= 15 is 0 Å². The minimum absolute atomic E-state index is 0.648. The highest BCUT2D eigenvalue weighted by molar-refractivity contribution is 4.51. The van der Waals surface area contributed by atoms with Crippen molar-refractivity contribution in [2.45, 2.75) is 46.0 Å². The van der Waals surface area contributed by atoms with Crippen molar-refractivity contribution in [2.24, 2.45) is 5.92 Å². The van der Waals surface area contributed by atoms with Crippen LogP contribution in [-0.4, -0.2) is 53.2 Å². The third-order valence-electron chi connectivity index (χ3n) is 3.11. The number of nitrogens with one attached hydrogen (secondary N) is 1. The second kappa shape index (κ2) is 16.9. The second-order valence-corrected chi connectivity index (χ2v) is 5.56. The van der Waals surface area contributed by atoms with Gasteiger partial charge in [-0.05, 0) is 18.9 Å². The lowest BCUT2D eigenvalue weighted by Crippen LogP contribution is -2.21. The molecular weight excluding hydrogens is 254 g/mol. The summed E-state index contributed by atoms with van der Waals surface area (Å²) < 4.78 is 15.6. The molecule has 4 nitrogen and oxygen atoms in total. The van der Waals surface area contributed by atoms with E-state index in [-0.39, 0.29) is 0 Å². The largest absolute Gasteiger partial charge is 0.382 e. The maximum atomic E-state index is 5.46. The molecule has 0 rings (SSSR count). The molecule has 0 aliphatic rings. The van der Waals surface area contributed by atoms with Gasteiger partial charge in [0.1, 0.15) is 0 Å². The van der Waals surface area contributed by atoms with Crippen LogP contribution in [-0.2, 0) is 14.2 Å². The minimum atomic E-state index is 0.648. The van der Waals surface area contributed by atoms with Crippen LogP contribution in [0.3, 0.4) is 0 Å². The average Bonchev–Trinajstić information content (AvgIpc) is 2.43. The fourth-order valence-electron chi connectivity index (χ4n) is 1.89. The number of hydrogen-bond acceptors (Lipinski definition) is 4. The summed E-state index contributed by atoms with van der Waals surface area (Å²) >= 11 is 0. The van der Waals surface area contributed by atoms with Gasteiger partial charge in [0.05, 0.1) is 33.0 Å². The molecule has 0 aromatic rings. The summed E-state index contributed by atoms with van der Waals surface area (Å²) in [6.45, 7) is 10.0. The first kappa shape index (κ1) is 19.8. The van der Waals surface area contributed by atoms with Crippen molar-refractivity contribution >= 4 is 0 Å². The molecule has 0 heterocycles. The van der Waals surface area contributed by atoms with Gasteiger partial charge in [0, 0.05) is 13.7 Å². The van der Waals surface area contributed by atoms with Crippen LogP contribution in [0.15, 0.2) is 0 Å². The van der Waals surface area contributed by atoms with Gasteiger partial charge in [-0.3, -0.25) is 0 Å². The van der Waals surface area contributed by atoms with Crippen molar-refractivity contribution in [3.8, 4) is 0 Å². The van der Waals surface area contributed by atoms with Crippen LogP contribution in [0, 0.1) is 5.92 Å². The Morgan fingerprint density at radius 2 is 1.40 bits per heavy atom. The molecule has 0 radical (unpaired) electrons. The van der Waals surface area contributed by atoms with Gasteiger partial charge in [-0.2, -0.15) is 0 Å². The molecule has 122 valence electrons. The first-order valence-corrected chi connectivity index (χ1v) is 8.12. The molecule has 0 unspecified atom stereocenters. The molecular formula is C16H35NO3. The van der Waals surface area contributed by atoms with E-state index in [9.17, 15) is 0 Å². The molecule has 0 aromatic carbocycles. The smallest absolute Gasteiger partial charge is 0.0701 e. The number of unbranched alkanes of at least 4 members (excludes halogenated alkanes) is 3. The first-order valence-electron chi connectivity index (χ1n) is 8.12. The highest BCUT2D eigenvalue weighted by Gasteiger charge is 1.95. The Kier molecular flexibility index (Phi) is 16.8. The van der Waals surface area contributed by atoms with Gasteiger partial charge < -0.3 is 19.5 Å². The summed E-state index contributed by atoms with van der Waals surface area (Å²) in [5, 5.41) is 3.41. The molecule has 0 atom stereocenters. The SMILES string of the molecule is COCCOCCOCCNCCCCCCC(C)C. The van der Waals surface area contributed by atoms with Gasteiger partial charge in [-0.25, -0.2) is 0 Å². The van der Waals surface area contributed by atoms with E-state index in [1.165, 1.54) is 32.1 Å². The van der Waals surface area contributed by atoms with E-state index < -0.39 is 0 Å². The van der Waals surface area contributed by atoms with Crippen molar-refractivity contribution in [1.82, 2.24) is 5.32 Å². The predicted octanol–water partition coefficient (Wildman–Crippen LogP) is 2.86. The molecule has 4 heteroatoms. The van der Waals surface area contributed by atoms with E-state index in [0.717, 1.165) is 25.6 Å². The van der Waals surface area contributed by atoms with Crippen LogP contribution in [0.5, 0.6) is 0 Å². The molecule has 0 spiro atoms. The highest BCUT2D eigenvalue weighted by Crippen LogP contribution is 2.08. The van der Waals surface area contributed by atoms with E-state index in [2.05, 4.69) is 19.2 Å². The van der Waals surface area contributed by atoms with Crippen molar-refractivity contribution in [2.75, 3.05) is 53.2 Å². The maximum Gasteiger partial charge on any atom is 0.0701 e. The Morgan fingerprint density at radius 1 is 0.750 bits per heavy atom. The van der Waals surface area contributed by atoms with Crippen LogP contribution in [0.2, 0.25) is 0 Å². The third kappa shape index (κ3) is 17.8. The Morgan fingerprint density at radius 3 is 2.10 bits per heavy atom. The number of ether oxygens (including phenoxy) is 3. The zero-order chi connectivity index (χ0) is 14.9. The Hall–Kier alpha value is -0.160. The summed E-state index contributed by atoms with van der Waals surface area (Å²) in [5.74, 6) is 0.851. The van der Waals surface area contributed by atoms with Gasteiger partial charge in [-0.15, -0.1) is 0 Å². The molecule has 0 aliphatic carbocycles. The Bertz CT molecular complexity index is 177. The summed E-state index contributed by atoms with van der Waals surface area (Å²) in [4.78, 5) is 0. The average molecular weight is 289 g/mol. The van der Waals surface area contributed by atoms with Crippen molar-refractivity contribution in [3.05, 3.63) is 0 Å². The Balaban J connectivity index is 2.92. The van der Waals surface area contributed by atoms with Crippen LogP contribution >= 0.6 is 0 Å². The first-order chi connectivity index (χ1) is 9.77. The van der Waals surface area contributed by atoms with Crippen LogP contribution in [0.1, 0.15) is 46.0 Å². The maximum absolute atomic E-state index is 5.46. The van der Waals surface area contributed by atoms with Crippen molar-refractivity contribution < 1.29 is 14.2 Å². The number of methoxy groups -OCH3 is 1. The molecule has 20 heavy (non-hydrogen) atoms. The number of hydrogen-bond donors (Lipinski definition) is 1. The zero-order valence-corrected chi connectivity index (χ0v) is 13.8. The highest BCUT2D eigenvalue weighted by atomic mass is 16.5. The van der Waals surface area contributed by atoms with E-state index in [4.69, 9.17) is 14.2 Å². The molecule has 0 aliphatic heterocycles. The monoisotopic (exact) mass is 289 g/mol. The van der Waals surface area contributed by atoms with Gasteiger partial charge >= 0.3 is 0 Å². The lowest BCUT2D eigenvalue weighted by Gasteiger charge is -2.07. The fraction of sp³-hybridized carbons (Fsp3) is 1.00. The van der Waals surface area contributed by atoms with Crippen LogP contribution < -0.4 is 5.32 Å². The van der Waals surface area contributed by atoms with Gasteiger partial charge in [0.25, 0.3) is 0 Å². The van der Waals surface area contributed by atoms with Gasteiger partial charge in [0.15, 0.2) is 0 Å². The van der Waals surface area contributed by atoms with Crippen LogP contribution in [0.25, 0.3) is 0 Å². The fourth-order valence-corrected chi connectivity index (χ4v) is 1.89. The normalized spacial score (nSPS) is 11.4. The second-order valence-electron chi connectivity index (χ2n) is 5.56. The Labute approximate surface area is 125 Å². The summed E-state index contributed by atoms with van der Waals surface area (Å²) in [5.41, 5.74) is 0. The quantitative estimate of drug-likeness (QED) is 0.444. The van der Waals surface area contributed by atoms with E-state index in [0.29, 0.717) is 26.4 Å². The topological polar surface area (TPSA) is 39.7 Å². The molecule has 0 amide bonds. The van der Waals surface area contributed by atoms with Gasteiger partial charge in [0.2, 0.25) is 0 Å². The minimum Gasteiger partial charge on any atom is -0.382 e. The van der Waals surface area contributed by atoms with E-state index in [1.54, 1.807) is 7.11 Å². The van der Waals surface area contributed by atoms with Gasteiger partial charge in [-0.1, -0.05) is 39.5 Å². The molecule has 0 saturated carbocycles. The molecule has 1 N–H and O–H groups in total. The van der Waals surface area contributed by atoms with Crippen molar-refractivity contribution in [3.63, 3.8) is 0 Å². The zero-order valence-electron chi connectivity index (χ0n) is 13.8. The lowest BCUT2D eigenvalue weighted by molar-refractivity contribution is 0.0256. The molecule has 0 aromatic heterocycles. The van der Waals surface area contributed by atoms with Crippen molar-refractivity contribution in [1.29, 1.82) is 0 Å². The lowest BCUT2D eigenvalue weighted by atomic mass is 10.0.